The highest BCUT2D eigenvalue weighted by atomic mass is 79.9. The van der Waals surface area contributed by atoms with Crippen molar-refractivity contribution in [2.45, 2.75) is 18.2 Å². The van der Waals surface area contributed by atoms with E-state index in [1.807, 2.05) is 6.92 Å². The van der Waals surface area contributed by atoms with Crippen molar-refractivity contribution < 1.29 is 9.72 Å². The summed E-state index contributed by atoms with van der Waals surface area (Å²) in [5.74, 6) is 0.0710. The zero-order valence-corrected chi connectivity index (χ0v) is 12.2. The zero-order chi connectivity index (χ0) is 13.5. The van der Waals surface area contributed by atoms with E-state index in [0.29, 0.717) is 15.9 Å². The van der Waals surface area contributed by atoms with E-state index in [4.69, 9.17) is 0 Å². The molecule has 0 saturated heterocycles. The summed E-state index contributed by atoms with van der Waals surface area (Å²) >= 11 is 4.35. The Kier molecular flexibility index (Phi) is 6.14. The molecule has 0 fully saturated rings. The molecule has 1 aromatic carbocycles. The molecular formula is C11H13BrN2O3S. The van der Waals surface area contributed by atoms with Gasteiger partial charge in [0.1, 0.15) is 0 Å². The first-order chi connectivity index (χ1) is 8.54. The molecule has 1 rings (SSSR count). The second-order valence-electron chi connectivity index (χ2n) is 3.51. The average Bonchev–Trinajstić information content (AvgIpc) is 2.34. The molecule has 0 saturated carbocycles. The minimum atomic E-state index is -0.447. The molecule has 5 nitrogen and oxygen atoms in total. The minimum absolute atomic E-state index is 0.0117. The van der Waals surface area contributed by atoms with E-state index < -0.39 is 4.92 Å². The summed E-state index contributed by atoms with van der Waals surface area (Å²) < 4.78 is 0.647. The number of carbonyl (C=O) groups excluding carboxylic acids is 1. The summed E-state index contributed by atoms with van der Waals surface area (Å²) in [6.45, 7) is 2.59. The summed E-state index contributed by atoms with van der Waals surface area (Å²) in [5.41, 5.74) is 0.0117. The molecule has 0 radical (unpaired) electrons. The summed E-state index contributed by atoms with van der Waals surface area (Å²) in [6, 6.07) is 4.80. The van der Waals surface area contributed by atoms with Crippen LogP contribution in [0.1, 0.15) is 13.3 Å². The maximum absolute atomic E-state index is 11.4. The second kappa shape index (κ2) is 7.38. The fourth-order valence-corrected chi connectivity index (χ4v) is 2.40. The van der Waals surface area contributed by atoms with Crippen LogP contribution in [0.5, 0.6) is 0 Å². The van der Waals surface area contributed by atoms with Gasteiger partial charge in [-0.2, -0.15) is 0 Å². The number of benzene rings is 1. The standard InChI is InChI=1S/C11H13BrN2O3S/c1-2-5-13-11(15)7-18-10-4-3-8(12)6-9(10)14(16)17/h3-4,6H,2,5,7H2,1H3,(H,13,15). The summed E-state index contributed by atoms with van der Waals surface area (Å²) in [5, 5.41) is 13.6. The number of halogens is 1. The normalized spacial score (nSPS) is 10.1. The Hall–Kier alpha value is -1.08. The number of thioether (sulfide) groups is 1. The zero-order valence-electron chi connectivity index (χ0n) is 9.81. The van der Waals surface area contributed by atoms with Crippen LogP contribution in [0.15, 0.2) is 27.6 Å². The number of hydrogen-bond acceptors (Lipinski definition) is 4. The van der Waals surface area contributed by atoms with Gasteiger partial charge in [-0.25, -0.2) is 0 Å². The average molecular weight is 333 g/mol. The lowest BCUT2D eigenvalue weighted by molar-refractivity contribution is -0.387. The molecule has 0 atom stereocenters. The summed E-state index contributed by atoms with van der Waals surface area (Å²) in [6.07, 6.45) is 0.870. The third-order valence-electron chi connectivity index (χ3n) is 2.05. The van der Waals surface area contributed by atoms with Crippen LogP contribution in [0, 0.1) is 10.1 Å². The Morgan fingerprint density at radius 3 is 2.89 bits per heavy atom. The number of carbonyl (C=O) groups is 1. The molecule has 18 heavy (non-hydrogen) atoms. The molecule has 0 aliphatic rings. The first kappa shape index (κ1) is 15.0. The fourth-order valence-electron chi connectivity index (χ4n) is 1.21. The molecule has 0 aromatic heterocycles. The number of nitrogens with one attached hydrogen (secondary N) is 1. The van der Waals surface area contributed by atoms with E-state index in [9.17, 15) is 14.9 Å². The molecule has 7 heteroatoms. The highest BCUT2D eigenvalue weighted by molar-refractivity contribution is 9.10. The molecular weight excluding hydrogens is 320 g/mol. The number of amides is 1. The molecule has 1 amide bonds. The molecule has 1 aromatic rings. The Labute approximate surface area is 118 Å². The van der Waals surface area contributed by atoms with Crippen LogP contribution in [0.4, 0.5) is 5.69 Å². The largest absolute Gasteiger partial charge is 0.355 e. The van der Waals surface area contributed by atoms with Gasteiger partial charge in [0.05, 0.1) is 15.6 Å². The molecule has 0 heterocycles. The van der Waals surface area contributed by atoms with Crippen LogP contribution >= 0.6 is 27.7 Å². The van der Waals surface area contributed by atoms with Gasteiger partial charge in [0.2, 0.25) is 5.91 Å². The van der Waals surface area contributed by atoms with Gasteiger partial charge in [-0.3, -0.25) is 14.9 Å². The quantitative estimate of drug-likeness (QED) is 0.493. The Balaban J connectivity index is 2.67. The van der Waals surface area contributed by atoms with E-state index >= 15 is 0 Å². The molecule has 0 spiro atoms. The van der Waals surface area contributed by atoms with Gasteiger partial charge in [-0.15, -0.1) is 11.8 Å². The lowest BCUT2D eigenvalue weighted by Gasteiger charge is -2.04. The van der Waals surface area contributed by atoms with Gasteiger partial charge in [0, 0.05) is 17.1 Å². The molecule has 0 bridgehead atoms. The lowest BCUT2D eigenvalue weighted by Crippen LogP contribution is -2.25. The first-order valence-electron chi connectivity index (χ1n) is 5.38. The van der Waals surface area contributed by atoms with Crippen molar-refractivity contribution >= 4 is 39.3 Å². The monoisotopic (exact) mass is 332 g/mol. The van der Waals surface area contributed by atoms with Gasteiger partial charge in [0.15, 0.2) is 0 Å². The van der Waals surface area contributed by atoms with Crippen molar-refractivity contribution in [3.8, 4) is 0 Å². The number of nitro benzene ring substituents is 1. The van der Waals surface area contributed by atoms with Crippen LogP contribution < -0.4 is 5.32 Å². The Morgan fingerprint density at radius 2 is 2.28 bits per heavy atom. The van der Waals surface area contributed by atoms with Crippen molar-refractivity contribution in [1.82, 2.24) is 5.32 Å². The number of rotatable bonds is 6. The molecule has 1 N–H and O–H groups in total. The van der Waals surface area contributed by atoms with Crippen LogP contribution in [0.3, 0.4) is 0 Å². The van der Waals surface area contributed by atoms with Gasteiger partial charge >= 0.3 is 0 Å². The molecule has 0 unspecified atom stereocenters. The van der Waals surface area contributed by atoms with E-state index in [0.717, 1.165) is 6.42 Å². The number of hydrogen-bond donors (Lipinski definition) is 1. The fraction of sp³-hybridized carbons (Fsp3) is 0.364. The third-order valence-corrected chi connectivity index (χ3v) is 3.60. The smallest absolute Gasteiger partial charge is 0.284 e. The predicted molar refractivity (Wildman–Crippen MR) is 74.8 cm³/mol. The second-order valence-corrected chi connectivity index (χ2v) is 5.44. The maximum atomic E-state index is 11.4. The van der Waals surface area contributed by atoms with Crippen LogP contribution in [-0.2, 0) is 4.79 Å². The van der Waals surface area contributed by atoms with E-state index in [-0.39, 0.29) is 17.3 Å². The van der Waals surface area contributed by atoms with Gasteiger partial charge in [0.25, 0.3) is 5.69 Å². The van der Waals surface area contributed by atoms with Gasteiger partial charge in [-0.1, -0.05) is 22.9 Å². The molecule has 98 valence electrons. The SMILES string of the molecule is CCCNC(=O)CSc1ccc(Br)cc1[N+](=O)[O-]. The molecule has 0 aliphatic carbocycles. The van der Waals surface area contributed by atoms with Crippen molar-refractivity contribution in [3.05, 3.63) is 32.8 Å². The third kappa shape index (κ3) is 4.66. The van der Waals surface area contributed by atoms with Crippen LogP contribution in [0.2, 0.25) is 0 Å². The van der Waals surface area contributed by atoms with Crippen molar-refractivity contribution in [1.29, 1.82) is 0 Å². The molecule has 0 aliphatic heterocycles. The minimum Gasteiger partial charge on any atom is -0.355 e. The van der Waals surface area contributed by atoms with E-state index in [1.165, 1.54) is 17.8 Å². The summed E-state index contributed by atoms with van der Waals surface area (Å²) in [4.78, 5) is 22.3. The van der Waals surface area contributed by atoms with Crippen LogP contribution in [-0.4, -0.2) is 23.1 Å². The van der Waals surface area contributed by atoms with Gasteiger partial charge < -0.3 is 5.32 Å². The van der Waals surface area contributed by atoms with Crippen molar-refractivity contribution in [2.24, 2.45) is 0 Å². The summed E-state index contributed by atoms with van der Waals surface area (Å²) in [7, 11) is 0. The van der Waals surface area contributed by atoms with Crippen molar-refractivity contribution in [3.63, 3.8) is 0 Å². The van der Waals surface area contributed by atoms with Crippen molar-refractivity contribution in [2.75, 3.05) is 12.3 Å². The lowest BCUT2D eigenvalue weighted by atomic mass is 10.3. The number of nitro groups is 1. The Morgan fingerprint density at radius 1 is 1.56 bits per heavy atom. The van der Waals surface area contributed by atoms with E-state index in [1.54, 1.807) is 12.1 Å². The highest BCUT2D eigenvalue weighted by Gasteiger charge is 2.15. The maximum Gasteiger partial charge on any atom is 0.284 e. The van der Waals surface area contributed by atoms with Crippen LogP contribution in [0.25, 0.3) is 0 Å². The Bertz CT molecular complexity index is 454. The van der Waals surface area contributed by atoms with E-state index in [2.05, 4.69) is 21.2 Å². The first-order valence-corrected chi connectivity index (χ1v) is 7.16. The highest BCUT2D eigenvalue weighted by Crippen LogP contribution is 2.31. The number of nitrogens with zero attached hydrogens (tertiary/aromatic N) is 1. The predicted octanol–water partition coefficient (Wildman–Crippen LogP) is 2.98. The topological polar surface area (TPSA) is 72.2 Å². The van der Waals surface area contributed by atoms with Gasteiger partial charge in [-0.05, 0) is 18.6 Å².